The molecule has 0 fully saturated rings. The summed E-state index contributed by atoms with van der Waals surface area (Å²) in [7, 11) is 3.51. The van der Waals surface area contributed by atoms with Crippen LogP contribution in [0, 0.1) is 0 Å². The molecular weight excluding hydrogens is 208 g/mol. The molecule has 1 aliphatic heterocycles. The molecule has 0 bridgehead atoms. The van der Waals surface area contributed by atoms with E-state index in [0.29, 0.717) is 38.1 Å². The van der Waals surface area contributed by atoms with Gasteiger partial charge in [-0.05, 0) is 0 Å². The molecule has 0 atom stereocenters. The standard InChI is InChI=1S/C10H16N4O2/c1-14(4-3-11)10-12-8-6-16-5-7(8)9(13-10)15-2/h3-6,11H2,1-2H3. The second kappa shape index (κ2) is 4.63. The van der Waals surface area contributed by atoms with Gasteiger partial charge in [0.1, 0.15) is 0 Å². The van der Waals surface area contributed by atoms with E-state index >= 15 is 0 Å². The minimum Gasteiger partial charge on any atom is -0.481 e. The molecule has 6 nitrogen and oxygen atoms in total. The summed E-state index contributed by atoms with van der Waals surface area (Å²) in [5.74, 6) is 1.23. The lowest BCUT2D eigenvalue weighted by atomic mass is 10.2. The molecule has 0 amide bonds. The van der Waals surface area contributed by atoms with Crippen molar-refractivity contribution < 1.29 is 9.47 Å². The van der Waals surface area contributed by atoms with Crippen LogP contribution in [0.5, 0.6) is 5.88 Å². The number of nitrogens with zero attached hydrogens (tertiary/aromatic N) is 3. The molecule has 2 heterocycles. The first kappa shape index (κ1) is 11.1. The number of hydrogen-bond donors (Lipinski definition) is 1. The van der Waals surface area contributed by atoms with Crippen molar-refractivity contribution in [1.82, 2.24) is 9.97 Å². The van der Waals surface area contributed by atoms with E-state index in [1.807, 2.05) is 11.9 Å². The van der Waals surface area contributed by atoms with Gasteiger partial charge < -0.3 is 20.1 Å². The van der Waals surface area contributed by atoms with E-state index in [-0.39, 0.29) is 0 Å². The van der Waals surface area contributed by atoms with Crippen LogP contribution in [0.4, 0.5) is 5.95 Å². The summed E-state index contributed by atoms with van der Waals surface area (Å²) < 4.78 is 10.6. The van der Waals surface area contributed by atoms with E-state index in [1.165, 1.54) is 0 Å². The van der Waals surface area contributed by atoms with Crippen LogP contribution in [-0.2, 0) is 18.0 Å². The van der Waals surface area contributed by atoms with E-state index in [2.05, 4.69) is 9.97 Å². The van der Waals surface area contributed by atoms with Crippen LogP contribution in [0.2, 0.25) is 0 Å². The summed E-state index contributed by atoms with van der Waals surface area (Å²) in [6.45, 7) is 2.33. The lowest BCUT2D eigenvalue weighted by molar-refractivity contribution is 0.132. The van der Waals surface area contributed by atoms with Crippen molar-refractivity contribution in [1.29, 1.82) is 0 Å². The van der Waals surface area contributed by atoms with E-state index in [0.717, 1.165) is 11.3 Å². The largest absolute Gasteiger partial charge is 0.481 e. The first-order valence-corrected chi connectivity index (χ1v) is 5.19. The van der Waals surface area contributed by atoms with E-state index in [1.54, 1.807) is 7.11 Å². The SMILES string of the molecule is COc1nc(N(C)CCN)nc2c1COC2. The zero-order valence-electron chi connectivity index (χ0n) is 9.56. The predicted octanol–water partition coefficient (Wildman–Crippen LogP) is -0.0897. The van der Waals surface area contributed by atoms with Crippen LogP contribution in [0.15, 0.2) is 0 Å². The van der Waals surface area contributed by atoms with Gasteiger partial charge in [0.15, 0.2) is 0 Å². The van der Waals surface area contributed by atoms with Crippen molar-refractivity contribution in [3.8, 4) is 5.88 Å². The van der Waals surface area contributed by atoms with Gasteiger partial charge in [0.2, 0.25) is 11.8 Å². The van der Waals surface area contributed by atoms with Crippen molar-refractivity contribution in [3.63, 3.8) is 0 Å². The van der Waals surface area contributed by atoms with Crippen LogP contribution in [-0.4, -0.2) is 37.2 Å². The molecule has 0 aromatic carbocycles. The van der Waals surface area contributed by atoms with Gasteiger partial charge in [0.25, 0.3) is 0 Å². The third-order valence-electron chi connectivity index (χ3n) is 2.53. The van der Waals surface area contributed by atoms with Crippen LogP contribution < -0.4 is 15.4 Å². The third-order valence-corrected chi connectivity index (χ3v) is 2.53. The molecule has 1 aromatic heterocycles. The van der Waals surface area contributed by atoms with Gasteiger partial charge in [-0.2, -0.15) is 4.98 Å². The fraction of sp³-hybridized carbons (Fsp3) is 0.600. The summed E-state index contributed by atoms with van der Waals surface area (Å²) in [4.78, 5) is 10.7. The minimum absolute atomic E-state index is 0.525. The van der Waals surface area contributed by atoms with Gasteiger partial charge in [0, 0.05) is 20.1 Å². The minimum atomic E-state index is 0.525. The van der Waals surface area contributed by atoms with Crippen molar-refractivity contribution in [2.45, 2.75) is 13.2 Å². The number of nitrogens with two attached hydrogens (primary N) is 1. The Kier molecular flexibility index (Phi) is 3.21. The molecule has 0 radical (unpaired) electrons. The summed E-state index contributed by atoms with van der Waals surface area (Å²) in [5.41, 5.74) is 7.36. The maximum atomic E-state index is 5.50. The molecule has 0 saturated carbocycles. The highest BCUT2D eigenvalue weighted by Crippen LogP contribution is 2.27. The smallest absolute Gasteiger partial charge is 0.228 e. The Bertz CT molecular complexity index is 383. The first-order chi connectivity index (χ1) is 7.76. The number of aromatic nitrogens is 2. The molecule has 6 heteroatoms. The van der Waals surface area contributed by atoms with Crippen molar-refractivity contribution in [2.24, 2.45) is 5.73 Å². The average Bonchev–Trinajstić information content (AvgIpc) is 2.75. The molecule has 16 heavy (non-hydrogen) atoms. The Morgan fingerprint density at radius 2 is 2.25 bits per heavy atom. The Hall–Kier alpha value is -1.40. The topological polar surface area (TPSA) is 73.5 Å². The number of anilines is 1. The normalized spacial score (nSPS) is 13.7. The summed E-state index contributed by atoms with van der Waals surface area (Å²) in [5, 5.41) is 0. The quantitative estimate of drug-likeness (QED) is 0.770. The van der Waals surface area contributed by atoms with Gasteiger partial charge in [-0.15, -0.1) is 0 Å². The molecule has 2 N–H and O–H groups in total. The monoisotopic (exact) mass is 224 g/mol. The Balaban J connectivity index is 2.34. The highest BCUT2D eigenvalue weighted by Gasteiger charge is 2.21. The molecule has 0 aliphatic carbocycles. The van der Waals surface area contributed by atoms with E-state index < -0.39 is 0 Å². The number of rotatable bonds is 4. The molecule has 0 unspecified atom stereocenters. The summed E-state index contributed by atoms with van der Waals surface area (Å²) in [6, 6.07) is 0. The highest BCUT2D eigenvalue weighted by molar-refractivity contribution is 5.40. The van der Waals surface area contributed by atoms with Crippen LogP contribution in [0.3, 0.4) is 0 Å². The Morgan fingerprint density at radius 1 is 1.44 bits per heavy atom. The molecular formula is C10H16N4O2. The van der Waals surface area contributed by atoms with Gasteiger partial charge in [-0.25, -0.2) is 4.98 Å². The van der Waals surface area contributed by atoms with Gasteiger partial charge in [-0.1, -0.05) is 0 Å². The third kappa shape index (κ3) is 1.94. The van der Waals surface area contributed by atoms with Crippen LogP contribution in [0.25, 0.3) is 0 Å². The predicted molar refractivity (Wildman–Crippen MR) is 59.4 cm³/mol. The van der Waals surface area contributed by atoms with E-state index in [4.69, 9.17) is 15.2 Å². The zero-order valence-corrected chi connectivity index (χ0v) is 9.56. The zero-order chi connectivity index (χ0) is 11.5. The molecule has 0 spiro atoms. The van der Waals surface area contributed by atoms with Crippen molar-refractivity contribution in [3.05, 3.63) is 11.3 Å². The van der Waals surface area contributed by atoms with Crippen LogP contribution in [0.1, 0.15) is 11.3 Å². The van der Waals surface area contributed by atoms with Crippen molar-refractivity contribution >= 4 is 5.95 Å². The highest BCUT2D eigenvalue weighted by atomic mass is 16.5. The lowest BCUT2D eigenvalue weighted by Crippen LogP contribution is -2.27. The number of ether oxygens (including phenoxy) is 2. The Labute approximate surface area is 94.4 Å². The lowest BCUT2D eigenvalue weighted by Gasteiger charge is -2.17. The molecule has 2 rings (SSSR count). The van der Waals surface area contributed by atoms with Gasteiger partial charge >= 0.3 is 0 Å². The fourth-order valence-corrected chi connectivity index (χ4v) is 1.64. The van der Waals surface area contributed by atoms with Gasteiger partial charge in [-0.3, -0.25) is 0 Å². The fourth-order valence-electron chi connectivity index (χ4n) is 1.64. The molecule has 1 aliphatic rings. The van der Waals surface area contributed by atoms with Crippen LogP contribution >= 0.6 is 0 Å². The number of hydrogen-bond acceptors (Lipinski definition) is 6. The maximum Gasteiger partial charge on any atom is 0.228 e. The van der Waals surface area contributed by atoms with E-state index in [9.17, 15) is 0 Å². The second-order valence-corrected chi connectivity index (χ2v) is 3.66. The number of likely N-dealkylation sites (N-methyl/N-ethyl adjacent to an activating group) is 1. The number of fused-ring (bicyclic) bond motifs is 1. The van der Waals surface area contributed by atoms with Crippen molar-refractivity contribution in [2.75, 3.05) is 32.1 Å². The summed E-state index contributed by atoms with van der Waals surface area (Å²) in [6.07, 6.45) is 0. The molecule has 1 aromatic rings. The summed E-state index contributed by atoms with van der Waals surface area (Å²) >= 11 is 0. The van der Waals surface area contributed by atoms with Gasteiger partial charge in [0.05, 0.1) is 31.6 Å². The Morgan fingerprint density at radius 3 is 2.94 bits per heavy atom. The molecule has 0 saturated heterocycles. The average molecular weight is 224 g/mol. The molecule has 88 valence electrons. The first-order valence-electron chi connectivity index (χ1n) is 5.19. The second-order valence-electron chi connectivity index (χ2n) is 3.66. The maximum absolute atomic E-state index is 5.50. The number of methoxy groups -OCH3 is 1.